The smallest absolute Gasteiger partial charge is 0.182 e. The Morgan fingerprint density at radius 3 is 3.10 bits per heavy atom. The minimum absolute atomic E-state index is 0.130. The molecule has 5 nitrogen and oxygen atoms in total. The van der Waals surface area contributed by atoms with Crippen LogP contribution in [0.1, 0.15) is 25.0 Å². The van der Waals surface area contributed by atoms with E-state index in [2.05, 4.69) is 26.1 Å². The summed E-state index contributed by atoms with van der Waals surface area (Å²) in [6, 6.07) is 3.78. The zero-order chi connectivity index (χ0) is 13.8. The van der Waals surface area contributed by atoms with Crippen LogP contribution in [0.25, 0.3) is 11.3 Å². The lowest BCUT2D eigenvalue weighted by Gasteiger charge is -2.22. The van der Waals surface area contributed by atoms with Crippen molar-refractivity contribution in [1.29, 1.82) is 0 Å². The lowest BCUT2D eigenvalue weighted by atomic mass is 10.2. The zero-order valence-corrected chi connectivity index (χ0v) is 12.5. The van der Waals surface area contributed by atoms with E-state index in [4.69, 9.17) is 14.0 Å². The molecule has 0 aromatic carbocycles. The van der Waals surface area contributed by atoms with Crippen LogP contribution in [0.4, 0.5) is 0 Å². The Morgan fingerprint density at radius 1 is 1.40 bits per heavy atom. The van der Waals surface area contributed by atoms with E-state index >= 15 is 0 Å². The van der Waals surface area contributed by atoms with Crippen LogP contribution in [0, 0.1) is 0 Å². The lowest BCUT2D eigenvalue weighted by Crippen LogP contribution is -2.22. The highest BCUT2D eigenvalue weighted by molar-refractivity contribution is 9.10. The number of halogens is 1. The van der Waals surface area contributed by atoms with Crippen LogP contribution in [0.5, 0.6) is 0 Å². The van der Waals surface area contributed by atoms with Crippen molar-refractivity contribution in [3.63, 3.8) is 0 Å². The molecule has 0 saturated carbocycles. The predicted octanol–water partition coefficient (Wildman–Crippen LogP) is 3.54. The summed E-state index contributed by atoms with van der Waals surface area (Å²) in [6.45, 7) is 1.14. The summed E-state index contributed by atoms with van der Waals surface area (Å²) in [5.41, 5.74) is 1.62. The number of nitrogens with zero attached hydrogens (tertiary/aromatic N) is 2. The van der Waals surface area contributed by atoms with Crippen LogP contribution in [0.15, 0.2) is 33.5 Å². The van der Waals surface area contributed by atoms with Gasteiger partial charge in [0.15, 0.2) is 12.1 Å². The predicted molar refractivity (Wildman–Crippen MR) is 75.8 cm³/mol. The molecule has 1 aliphatic rings. The topological polar surface area (TPSA) is 57.4 Å². The Labute approximate surface area is 125 Å². The first kappa shape index (κ1) is 13.7. The van der Waals surface area contributed by atoms with Gasteiger partial charge < -0.3 is 14.0 Å². The Bertz CT molecular complexity index is 553. The molecule has 0 amide bonds. The molecule has 2 aromatic heterocycles. The second-order valence-corrected chi connectivity index (χ2v) is 5.41. The molecule has 3 rings (SSSR count). The second kappa shape index (κ2) is 6.47. The summed E-state index contributed by atoms with van der Waals surface area (Å²) in [5, 5.41) is 4.05. The lowest BCUT2D eigenvalue weighted by molar-refractivity contribution is -0.169. The maximum atomic E-state index is 5.71. The van der Waals surface area contributed by atoms with Gasteiger partial charge in [0, 0.05) is 24.6 Å². The molecule has 1 aliphatic heterocycles. The number of hydrogen-bond donors (Lipinski definition) is 0. The van der Waals surface area contributed by atoms with E-state index in [1.54, 1.807) is 12.4 Å². The highest BCUT2D eigenvalue weighted by Gasteiger charge is 2.19. The molecule has 1 fully saturated rings. The van der Waals surface area contributed by atoms with Crippen molar-refractivity contribution in [1.82, 2.24) is 10.1 Å². The van der Waals surface area contributed by atoms with Gasteiger partial charge in [-0.3, -0.25) is 4.98 Å². The fraction of sp³-hybridized carbons (Fsp3) is 0.429. The van der Waals surface area contributed by atoms with Crippen LogP contribution in [0.3, 0.4) is 0 Å². The molecule has 0 spiro atoms. The van der Waals surface area contributed by atoms with Gasteiger partial charge in [0.25, 0.3) is 0 Å². The van der Waals surface area contributed by atoms with Crippen molar-refractivity contribution in [2.24, 2.45) is 0 Å². The van der Waals surface area contributed by atoms with Gasteiger partial charge in [-0.25, -0.2) is 0 Å². The third kappa shape index (κ3) is 3.08. The van der Waals surface area contributed by atoms with Crippen molar-refractivity contribution in [2.45, 2.75) is 32.2 Å². The van der Waals surface area contributed by atoms with Crippen LogP contribution in [-0.4, -0.2) is 23.0 Å². The average Bonchev–Trinajstić information content (AvgIpc) is 2.88. The first-order valence-corrected chi connectivity index (χ1v) is 7.41. The second-order valence-electron chi connectivity index (χ2n) is 4.62. The van der Waals surface area contributed by atoms with Crippen molar-refractivity contribution >= 4 is 15.9 Å². The molecular formula is C14H15BrN2O3. The van der Waals surface area contributed by atoms with E-state index in [0.29, 0.717) is 12.4 Å². The minimum atomic E-state index is -0.130. The molecule has 0 aliphatic carbocycles. The van der Waals surface area contributed by atoms with Crippen LogP contribution in [0.2, 0.25) is 0 Å². The number of hydrogen-bond acceptors (Lipinski definition) is 5. The normalized spacial score (nSPS) is 19.1. The van der Waals surface area contributed by atoms with Gasteiger partial charge in [0.05, 0.1) is 11.1 Å². The molecule has 20 heavy (non-hydrogen) atoms. The first-order valence-electron chi connectivity index (χ1n) is 6.62. The molecule has 6 heteroatoms. The molecule has 3 heterocycles. The summed E-state index contributed by atoms with van der Waals surface area (Å²) in [6.07, 6.45) is 6.52. The highest BCUT2D eigenvalue weighted by atomic mass is 79.9. The minimum Gasteiger partial charge on any atom is -0.355 e. The Kier molecular flexibility index (Phi) is 4.44. The number of pyridine rings is 1. The van der Waals surface area contributed by atoms with Gasteiger partial charge in [-0.1, -0.05) is 5.16 Å². The summed E-state index contributed by atoms with van der Waals surface area (Å²) >= 11 is 3.51. The maximum Gasteiger partial charge on any atom is 0.182 e. The average molecular weight is 339 g/mol. The number of ether oxygens (including phenoxy) is 2. The van der Waals surface area contributed by atoms with E-state index < -0.39 is 0 Å². The van der Waals surface area contributed by atoms with Crippen molar-refractivity contribution < 1.29 is 14.0 Å². The first-order chi connectivity index (χ1) is 9.84. The number of rotatable bonds is 4. The van der Waals surface area contributed by atoms with Gasteiger partial charge in [0.1, 0.15) is 5.69 Å². The molecule has 0 bridgehead atoms. The highest BCUT2D eigenvalue weighted by Crippen LogP contribution is 2.31. The molecule has 1 atom stereocenters. The Balaban J connectivity index is 1.67. The fourth-order valence-corrected chi connectivity index (χ4v) is 2.58. The zero-order valence-electron chi connectivity index (χ0n) is 10.9. The van der Waals surface area contributed by atoms with Gasteiger partial charge >= 0.3 is 0 Å². The Morgan fingerprint density at radius 2 is 2.35 bits per heavy atom. The molecule has 106 valence electrons. The molecule has 2 aromatic rings. The molecule has 1 unspecified atom stereocenters. The third-order valence-corrected chi connectivity index (χ3v) is 3.99. The van der Waals surface area contributed by atoms with E-state index in [-0.39, 0.29) is 6.29 Å². The van der Waals surface area contributed by atoms with E-state index in [0.717, 1.165) is 41.6 Å². The van der Waals surface area contributed by atoms with Gasteiger partial charge in [-0.15, -0.1) is 0 Å². The van der Waals surface area contributed by atoms with Crippen molar-refractivity contribution in [3.8, 4) is 11.3 Å². The molecule has 1 saturated heterocycles. The SMILES string of the molecule is Brc1c(COC2CCCCO2)noc1-c1cccnc1. The molecule has 0 N–H and O–H groups in total. The maximum absolute atomic E-state index is 5.71. The van der Waals surface area contributed by atoms with Crippen molar-refractivity contribution in [3.05, 3.63) is 34.7 Å². The van der Waals surface area contributed by atoms with Gasteiger partial charge in [-0.2, -0.15) is 0 Å². The van der Waals surface area contributed by atoms with E-state index in [9.17, 15) is 0 Å². The fourth-order valence-electron chi connectivity index (χ4n) is 2.09. The summed E-state index contributed by atoms with van der Waals surface area (Å²) in [7, 11) is 0. The van der Waals surface area contributed by atoms with Gasteiger partial charge in [0.2, 0.25) is 0 Å². The summed E-state index contributed by atoms with van der Waals surface area (Å²) in [5.74, 6) is 0.668. The number of aromatic nitrogens is 2. The third-order valence-electron chi connectivity index (χ3n) is 3.17. The molecule has 0 radical (unpaired) electrons. The standard InChI is InChI=1S/C14H15BrN2O3/c15-13-11(9-19-12-5-1-2-7-18-12)17-20-14(13)10-4-3-6-16-8-10/h3-4,6,8,12H,1-2,5,7,9H2. The van der Waals surface area contributed by atoms with Crippen LogP contribution >= 0.6 is 15.9 Å². The quantitative estimate of drug-likeness (QED) is 0.853. The van der Waals surface area contributed by atoms with Gasteiger partial charge in [-0.05, 0) is 47.3 Å². The largest absolute Gasteiger partial charge is 0.355 e. The van der Waals surface area contributed by atoms with E-state index in [1.807, 2.05) is 12.1 Å². The van der Waals surface area contributed by atoms with Crippen LogP contribution < -0.4 is 0 Å². The monoisotopic (exact) mass is 338 g/mol. The Hall–Kier alpha value is -1.24. The van der Waals surface area contributed by atoms with Crippen molar-refractivity contribution in [2.75, 3.05) is 6.61 Å². The molecular weight excluding hydrogens is 324 g/mol. The van der Waals surface area contributed by atoms with E-state index in [1.165, 1.54) is 0 Å². The summed E-state index contributed by atoms with van der Waals surface area (Å²) in [4.78, 5) is 4.07. The van der Waals surface area contributed by atoms with Crippen LogP contribution in [-0.2, 0) is 16.1 Å². The summed E-state index contributed by atoms with van der Waals surface area (Å²) < 4.78 is 17.4.